The van der Waals surface area contributed by atoms with Gasteiger partial charge in [-0.1, -0.05) is 0 Å². The van der Waals surface area contributed by atoms with Gasteiger partial charge >= 0.3 is 7.60 Å². The van der Waals surface area contributed by atoms with E-state index in [0.717, 1.165) is 22.6 Å². The molecule has 0 aromatic heterocycles. The van der Waals surface area contributed by atoms with E-state index in [0.29, 0.717) is 0 Å². The molecule has 0 saturated heterocycles. The largest absolute Gasteiger partial charge is 0.393 e. The van der Waals surface area contributed by atoms with Crippen molar-refractivity contribution in [2.24, 2.45) is 0 Å². The lowest BCUT2D eigenvalue weighted by Gasteiger charge is -2.20. The van der Waals surface area contributed by atoms with Crippen molar-refractivity contribution in [3.05, 3.63) is 9.40 Å². The molecule has 0 spiro atoms. The molecule has 0 saturated carbocycles. The van der Waals surface area contributed by atoms with Crippen LogP contribution in [-0.2, 0) is 13.6 Å². The van der Waals surface area contributed by atoms with Crippen molar-refractivity contribution < 1.29 is 22.4 Å². The average Bonchev–Trinajstić information content (AvgIpc) is 1.99. The molecule has 0 heterocycles. The fraction of sp³-hybridized carbons (Fsp3) is 0.750. The quantitative estimate of drug-likeness (QED) is 0.538. The van der Waals surface area contributed by atoms with Crippen molar-refractivity contribution in [3.63, 3.8) is 0 Å². The van der Waals surface area contributed by atoms with Gasteiger partial charge in [-0.3, -0.25) is 4.57 Å². The number of halogens is 3. The molecule has 0 aliphatic carbocycles. The molecule has 0 aromatic rings. The topological polar surface area (TPSA) is 35.5 Å². The highest BCUT2D eigenvalue weighted by molar-refractivity contribution is 14.1. The Hall–Kier alpha value is 0.480. The molecule has 0 fully saturated rings. The molecule has 0 bridgehead atoms. The van der Waals surface area contributed by atoms with Crippen molar-refractivity contribution in [2.45, 2.75) is 39.9 Å². The molecule has 15 heavy (non-hydrogen) atoms. The zero-order chi connectivity index (χ0) is 12.2. The summed E-state index contributed by atoms with van der Waals surface area (Å²) in [5.74, 6) is 0. The van der Waals surface area contributed by atoms with Crippen LogP contribution in [-0.4, -0.2) is 12.2 Å². The van der Waals surface area contributed by atoms with E-state index in [1.807, 2.05) is 0 Å². The SMILES string of the molecule is CC(C)OP(=O)(OC(C)C)/C(F)=C(\F)I. The fourth-order valence-electron chi connectivity index (χ4n) is 0.776. The maximum Gasteiger partial charge on any atom is 0.393 e. The Morgan fingerprint density at radius 3 is 1.67 bits per heavy atom. The predicted octanol–water partition coefficient (Wildman–Crippen LogP) is 4.53. The Balaban J connectivity index is 5.04. The lowest BCUT2D eigenvalue weighted by molar-refractivity contribution is 0.142. The Morgan fingerprint density at radius 1 is 1.13 bits per heavy atom. The molecule has 3 nitrogen and oxygen atoms in total. The van der Waals surface area contributed by atoms with Gasteiger partial charge in [-0.15, -0.1) is 0 Å². The third kappa shape index (κ3) is 5.38. The zero-order valence-corrected chi connectivity index (χ0v) is 12.0. The lowest BCUT2D eigenvalue weighted by Crippen LogP contribution is -2.08. The van der Waals surface area contributed by atoms with E-state index in [9.17, 15) is 13.3 Å². The highest BCUT2D eigenvalue weighted by Crippen LogP contribution is 2.60. The Morgan fingerprint density at radius 2 is 1.47 bits per heavy atom. The molecule has 90 valence electrons. The van der Waals surface area contributed by atoms with E-state index in [-0.39, 0.29) is 0 Å². The van der Waals surface area contributed by atoms with Gasteiger partial charge in [0, 0.05) is 0 Å². The van der Waals surface area contributed by atoms with E-state index < -0.39 is 29.2 Å². The van der Waals surface area contributed by atoms with Crippen LogP contribution < -0.4 is 0 Å². The summed E-state index contributed by atoms with van der Waals surface area (Å²) in [6, 6.07) is 0. The van der Waals surface area contributed by atoms with Gasteiger partial charge in [0.2, 0.25) is 3.83 Å². The first-order valence-corrected chi connectivity index (χ1v) is 6.99. The molecule has 0 aromatic carbocycles. The van der Waals surface area contributed by atoms with Crippen molar-refractivity contribution in [2.75, 3.05) is 0 Å². The van der Waals surface area contributed by atoms with Gasteiger partial charge in [-0.25, -0.2) is 0 Å². The van der Waals surface area contributed by atoms with E-state index >= 15 is 0 Å². The molecule has 0 radical (unpaired) electrons. The van der Waals surface area contributed by atoms with E-state index in [1.165, 1.54) is 0 Å². The van der Waals surface area contributed by atoms with Crippen LogP contribution in [0.3, 0.4) is 0 Å². The van der Waals surface area contributed by atoms with Crippen molar-refractivity contribution in [1.82, 2.24) is 0 Å². The first-order valence-electron chi connectivity index (χ1n) is 4.37. The second-order valence-electron chi connectivity index (χ2n) is 3.36. The van der Waals surface area contributed by atoms with Crippen molar-refractivity contribution >= 4 is 30.2 Å². The Bertz CT molecular complexity index is 274. The van der Waals surface area contributed by atoms with Crippen molar-refractivity contribution in [1.29, 1.82) is 0 Å². The Labute approximate surface area is 102 Å². The maximum absolute atomic E-state index is 13.3. The summed E-state index contributed by atoms with van der Waals surface area (Å²) in [7, 11) is -4.15. The number of hydrogen-bond acceptors (Lipinski definition) is 3. The minimum Gasteiger partial charge on any atom is -0.301 e. The van der Waals surface area contributed by atoms with Crippen LogP contribution in [0, 0.1) is 0 Å². The molecule has 0 aliphatic rings. The number of rotatable bonds is 5. The molecular weight excluding hydrogens is 340 g/mol. The van der Waals surface area contributed by atoms with Crippen LogP contribution >= 0.6 is 30.2 Å². The zero-order valence-electron chi connectivity index (χ0n) is 8.96. The van der Waals surface area contributed by atoms with Crippen LogP contribution in [0.25, 0.3) is 0 Å². The third-order valence-electron chi connectivity index (χ3n) is 1.10. The summed E-state index contributed by atoms with van der Waals surface area (Å²) in [6.07, 6.45) is -1.04. The molecular formula is C8H14F2IO3P. The Kier molecular flexibility index (Phi) is 6.47. The van der Waals surface area contributed by atoms with Gasteiger partial charge in [0.1, 0.15) is 0 Å². The standard InChI is InChI=1S/C8H14F2IO3P/c1-5(2)13-15(12,14-6(3)4)8(10)7(9)11/h5-6H,1-4H3/b8-7+. The van der Waals surface area contributed by atoms with Gasteiger partial charge in [-0.05, 0) is 50.3 Å². The lowest BCUT2D eigenvalue weighted by atomic mass is 10.5. The van der Waals surface area contributed by atoms with Crippen LogP contribution in [0.4, 0.5) is 8.78 Å². The average molecular weight is 354 g/mol. The summed E-state index contributed by atoms with van der Waals surface area (Å²) in [6.45, 7) is 6.26. The molecule has 0 aliphatic heterocycles. The van der Waals surface area contributed by atoms with Gasteiger partial charge in [-0.2, -0.15) is 8.78 Å². The van der Waals surface area contributed by atoms with E-state index in [1.54, 1.807) is 27.7 Å². The predicted molar refractivity (Wildman–Crippen MR) is 63.3 cm³/mol. The normalized spacial score (nSPS) is 14.7. The van der Waals surface area contributed by atoms with Crippen LogP contribution in [0.1, 0.15) is 27.7 Å². The molecule has 7 heteroatoms. The van der Waals surface area contributed by atoms with Gasteiger partial charge < -0.3 is 9.05 Å². The summed E-state index contributed by atoms with van der Waals surface area (Å²) < 4.78 is 46.2. The summed E-state index contributed by atoms with van der Waals surface area (Å²) >= 11 is 1.09. The molecule has 0 amide bonds. The smallest absolute Gasteiger partial charge is 0.301 e. The molecule has 0 rings (SSSR count). The molecule has 0 unspecified atom stereocenters. The second-order valence-corrected chi connectivity index (χ2v) is 6.11. The van der Waals surface area contributed by atoms with E-state index in [4.69, 9.17) is 9.05 Å². The molecule has 0 atom stereocenters. The summed E-state index contributed by atoms with van der Waals surface area (Å²) in [5, 5.41) is 0. The van der Waals surface area contributed by atoms with Crippen LogP contribution in [0.15, 0.2) is 9.40 Å². The van der Waals surface area contributed by atoms with Gasteiger partial charge in [0.15, 0.2) is 0 Å². The molecule has 0 N–H and O–H groups in total. The van der Waals surface area contributed by atoms with Crippen molar-refractivity contribution in [3.8, 4) is 0 Å². The maximum atomic E-state index is 13.3. The first-order chi connectivity index (χ1) is 6.69. The minimum atomic E-state index is -4.15. The number of hydrogen-bond donors (Lipinski definition) is 0. The highest BCUT2D eigenvalue weighted by atomic mass is 127. The van der Waals surface area contributed by atoms with Gasteiger partial charge in [0.25, 0.3) is 5.57 Å². The monoisotopic (exact) mass is 354 g/mol. The minimum absolute atomic E-state index is 0.518. The summed E-state index contributed by atoms with van der Waals surface area (Å²) in [4.78, 5) is 0. The van der Waals surface area contributed by atoms with E-state index in [2.05, 4.69) is 0 Å². The van der Waals surface area contributed by atoms with Crippen LogP contribution in [0.5, 0.6) is 0 Å². The first kappa shape index (κ1) is 15.5. The second kappa shape index (κ2) is 6.27. The highest BCUT2D eigenvalue weighted by Gasteiger charge is 2.36. The van der Waals surface area contributed by atoms with Crippen LogP contribution in [0.2, 0.25) is 0 Å². The third-order valence-corrected chi connectivity index (χ3v) is 4.07. The van der Waals surface area contributed by atoms with Gasteiger partial charge in [0.05, 0.1) is 12.2 Å². The summed E-state index contributed by atoms with van der Waals surface area (Å²) in [5.41, 5.74) is -1.47. The fourth-order valence-corrected chi connectivity index (χ4v) is 3.21.